The number of piperazine rings is 1. The van der Waals surface area contributed by atoms with Crippen LogP contribution in [0, 0.1) is 13.8 Å². The molecule has 0 bridgehead atoms. The lowest BCUT2D eigenvalue weighted by molar-refractivity contribution is -0.123. The average molecular weight is 416 g/mol. The fourth-order valence-electron chi connectivity index (χ4n) is 3.67. The monoisotopic (exact) mass is 415 g/mol. The minimum Gasteiger partial charge on any atom is -0.348 e. The number of sulfonamides is 1. The highest BCUT2D eigenvalue weighted by Gasteiger charge is 2.30. The fraction of sp³-hybridized carbons (Fsp3) is 0.409. The molecule has 1 unspecified atom stereocenters. The first-order valence-corrected chi connectivity index (χ1v) is 11.4. The average Bonchev–Trinajstić information content (AvgIpc) is 2.68. The van der Waals surface area contributed by atoms with Crippen LogP contribution >= 0.6 is 0 Å². The molecule has 156 valence electrons. The molecule has 2 aromatic carbocycles. The molecule has 3 rings (SSSR count). The molecule has 0 aromatic heterocycles. The van der Waals surface area contributed by atoms with Crippen molar-refractivity contribution in [3.8, 4) is 0 Å². The van der Waals surface area contributed by atoms with Gasteiger partial charge in [0.1, 0.15) is 0 Å². The van der Waals surface area contributed by atoms with Crippen molar-refractivity contribution in [1.29, 1.82) is 0 Å². The van der Waals surface area contributed by atoms with Crippen molar-refractivity contribution in [3.05, 3.63) is 65.2 Å². The van der Waals surface area contributed by atoms with E-state index in [1.807, 2.05) is 68.1 Å². The Morgan fingerprint density at radius 3 is 2.31 bits per heavy atom. The summed E-state index contributed by atoms with van der Waals surface area (Å²) in [5.74, 6) is -0.0490. The van der Waals surface area contributed by atoms with E-state index >= 15 is 0 Å². The van der Waals surface area contributed by atoms with Crippen LogP contribution in [0.25, 0.3) is 0 Å². The van der Waals surface area contributed by atoms with Crippen LogP contribution in [0.4, 0.5) is 0 Å². The van der Waals surface area contributed by atoms with Crippen LogP contribution in [-0.2, 0) is 14.8 Å². The van der Waals surface area contributed by atoms with Crippen LogP contribution in [0.5, 0.6) is 0 Å². The van der Waals surface area contributed by atoms with Crippen molar-refractivity contribution in [3.63, 3.8) is 0 Å². The molecule has 1 heterocycles. The third-order valence-corrected chi connectivity index (χ3v) is 7.38. The number of rotatable bonds is 6. The van der Waals surface area contributed by atoms with Gasteiger partial charge in [-0.1, -0.05) is 48.0 Å². The zero-order valence-electron chi connectivity index (χ0n) is 17.3. The molecule has 0 spiro atoms. The van der Waals surface area contributed by atoms with E-state index in [9.17, 15) is 13.2 Å². The molecular formula is C22H29N3O3S. The van der Waals surface area contributed by atoms with Crippen molar-refractivity contribution in [2.75, 3.05) is 32.7 Å². The molecule has 0 saturated carbocycles. The van der Waals surface area contributed by atoms with E-state index in [2.05, 4.69) is 5.32 Å². The lowest BCUT2D eigenvalue weighted by Gasteiger charge is -2.34. The minimum absolute atomic E-state index is 0.0490. The van der Waals surface area contributed by atoms with Gasteiger partial charge in [-0.3, -0.25) is 9.69 Å². The van der Waals surface area contributed by atoms with Crippen molar-refractivity contribution >= 4 is 15.9 Å². The minimum atomic E-state index is -3.51. The van der Waals surface area contributed by atoms with E-state index in [1.54, 1.807) is 6.07 Å². The second-order valence-corrected chi connectivity index (χ2v) is 9.56. The lowest BCUT2D eigenvalue weighted by Crippen LogP contribution is -2.51. The summed E-state index contributed by atoms with van der Waals surface area (Å²) in [5, 5.41) is 3.01. The summed E-state index contributed by atoms with van der Waals surface area (Å²) in [6.07, 6.45) is 0. The number of benzene rings is 2. The molecule has 1 N–H and O–H groups in total. The Kier molecular flexibility index (Phi) is 6.72. The summed E-state index contributed by atoms with van der Waals surface area (Å²) >= 11 is 0. The fourth-order valence-corrected chi connectivity index (χ4v) is 5.30. The maximum Gasteiger partial charge on any atom is 0.243 e. The third-order valence-electron chi connectivity index (χ3n) is 5.32. The molecule has 0 aliphatic carbocycles. The quantitative estimate of drug-likeness (QED) is 0.787. The number of aryl methyl sites for hydroxylation is 2. The maximum atomic E-state index is 13.0. The van der Waals surface area contributed by atoms with Crippen LogP contribution in [0.1, 0.15) is 29.7 Å². The van der Waals surface area contributed by atoms with Crippen LogP contribution in [0.3, 0.4) is 0 Å². The van der Waals surface area contributed by atoms with Gasteiger partial charge in [-0.05, 0) is 38.0 Å². The second-order valence-electron chi connectivity index (χ2n) is 7.65. The number of hydrogen-bond acceptors (Lipinski definition) is 4. The number of nitrogens with one attached hydrogen (secondary N) is 1. The standard InChI is InChI=1S/C22H29N3O3S/c1-17-9-10-21(18(2)15-17)29(27,28)25-13-11-24(12-14-25)16-22(26)23-19(3)20-7-5-4-6-8-20/h4-10,15,19H,11-14,16H2,1-3H3,(H,23,26). The van der Waals surface area contributed by atoms with Gasteiger partial charge in [0.05, 0.1) is 17.5 Å². The maximum absolute atomic E-state index is 13.0. The Hall–Kier alpha value is -2.22. The van der Waals surface area contributed by atoms with Gasteiger partial charge in [-0.2, -0.15) is 4.31 Å². The highest BCUT2D eigenvalue weighted by atomic mass is 32.2. The Bertz CT molecular complexity index is 953. The molecule has 0 radical (unpaired) electrons. The summed E-state index contributed by atoms with van der Waals surface area (Å²) in [5.41, 5.74) is 2.87. The Balaban J connectivity index is 1.54. The molecule has 6 nitrogen and oxygen atoms in total. The summed E-state index contributed by atoms with van der Waals surface area (Å²) in [6, 6.07) is 15.2. The van der Waals surface area contributed by atoms with E-state index in [0.717, 1.165) is 16.7 Å². The predicted molar refractivity (Wildman–Crippen MR) is 114 cm³/mol. The van der Waals surface area contributed by atoms with E-state index in [-0.39, 0.29) is 18.5 Å². The predicted octanol–water partition coefficient (Wildman–Crippen LogP) is 2.49. The molecule has 7 heteroatoms. The van der Waals surface area contributed by atoms with Crippen LogP contribution in [0.15, 0.2) is 53.4 Å². The van der Waals surface area contributed by atoms with Gasteiger partial charge in [0, 0.05) is 26.2 Å². The van der Waals surface area contributed by atoms with Crippen LogP contribution in [-0.4, -0.2) is 56.3 Å². The van der Waals surface area contributed by atoms with Gasteiger partial charge in [-0.25, -0.2) is 8.42 Å². The molecule has 1 fully saturated rings. The normalized spacial score (nSPS) is 17.1. The molecule has 1 saturated heterocycles. The van der Waals surface area contributed by atoms with Gasteiger partial charge < -0.3 is 5.32 Å². The van der Waals surface area contributed by atoms with Crippen molar-refractivity contribution in [1.82, 2.24) is 14.5 Å². The van der Waals surface area contributed by atoms with Gasteiger partial charge >= 0.3 is 0 Å². The summed E-state index contributed by atoms with van der Waals surface area (Å²) in [6.45, 7) is 7.86. The Morgan fingerprint density at radius 1 is 1.03 bits per heavy atom. The highest BCUT2D eigenvalue weighted by molar-refractivity contribution is 7.89. The zero-order valence-corrected chi connectivity index (χ0v) is 18.1. The van der Waals surface area contributed by atoms with Crippen molar-refractivity contribution in [2.24, 2.45) is 0 Å². The Labute approximate surface area is 173 Å². The third kappa shape index (κ3) is 5.23. The van der Waals surface area contributed by atoms with Crippen molar-refractivity contribution < 1.29 is 13.2 Å². The highest BCUT2D eigenvalue weighted by Crippen LogP contribution is 2.22. The van der Waals surface area contributed by atoms with Crippen molar-refractivity contribution in [2.45, 2.75) is 31.7 Å². The molecule has 1 aliphatic heterocycles. The number of amides is 1. The smallest absolute Gasteiger partial charge is 0.243 e. The molecular weight excluding hydrogens is 386 g/mol. The van der Waals surface area contributed by atoms with Gasteiger partial charge in [0.15, 0.2) is 0 Å². The second kappa shape index (κ2) is 9.07. The van der Waals surface area contributed by atoms with E-state index in [1.165, 1.54) is 4.31 Å². The zero-order chi connectivity index (χ0) is 21.0. The van der Waals surface area contributed by atoms with E-state index < -0.39 is 10.0 Å². The van der Waals surface area contributed by atoms with Crippen LogP contribution in [0.2, 0.25) is 0 Å². The first-order chi connectivity index (χ1) is 13.8. The lowest BCUT2D eigenvalue weighted by atomic mass is 10.1. The largest absolute Gasteiger partial charge is 0.348 e. The topological polar surface area (TPSA) is 69.7 Å². The molecule has 2 aromatic rings. The molecule has 1 atom stereocenters. The first kappa shape index (κ1) is 21.5. The van der Waals surface area contributed by atoms with Gasteiger partial charge in [-0.15, -0.1) is 0 Å². The van der Waals surface area contributed by atoms with E-state index in [4.69, 9.17) is 0 Å². The van der Waals surface area contributed by atoms with Gasteiger partial charge in [0.2, 0.25) is 15.9 Å². The molecule has 29 heavy (non-hydrogen) atoms. The summed E-state index contributed by atoms with van der Waals surface area (Å²) in [7, 11) is -3.51. The van der Waals surface area contributed by atoms with E-state index in [0.29, 0.717) is 31.1 Å². The SMILES string of the molecule is Cc1ccc(S(=O)(=O)N2CCN(CC(=O)NC(C)c3ccccc3)CC2)c(C)c1. The number of nitrogens with zero attached hydrogens (tertiary/aromatic N) is 2. The van der Waals surface area contributed by atoms with Gasteiger partial charge in [0.25, 0.3) is 0 Å². The first-order valence-electron chi connectivity index (χ1n) is 9.91. The number of hydrogen-bond donors (Lipinski definition) is 1. The molecule has 1 aliphatic rings. The number of carbonyl (C=O) groups is 1. The number of carbonyl (C=O) groups excluding carboxylic acids is 1. The Morgan fingerprint density at radius 2 is 1.69 bits per heavy atom. The summed E-state index contributed by atoms with van der Waals surface area (Å²) in [4.78, 5) is 14.8. The molecule has 1 amide bonds. The van der Waals surface area contributed by atoms with Crippen LogP contribution < -0.4 is 5.32 Å². The summed E-state index contributed by atoms with van der Waals surface area (Å²) < 4.78 is 27.5.